The second kappa shape index (κ2) is 23.2. The number of hydrogen-bond acceptors (Lipinski definition) is 6. The Morgan fingerprint density at radius 2 is 0.564 bits per heavy atom. The molecule has 0 fully saturated rings. The number of fused-ring (bicyclic) bond motifs is 6. The fraction of sp³-hybridized carbons (Fsp3) is 0.0120. The number of nitrogens with zero attached hydrogens (tertiary/aromatic N) is 8. The Morgan fingerprint density at radius 1 is 0.277 bits per heavy atom. The molecule has 16 rings (SSSR count). The topological polar surface area (TPSA) is 109 Å². The van der Waals surface area contributed by atoms with Crippen molar-refractivity contribution in [1.29, 1.82) is 10.5 Å². The van der Waals surface area contributed by atoms with E-state index in [0.29, 0.717) is 22.1 Å². The van der Waals surface area contributed by atoms with Crippen molar-refractivity contribution in [3.05, 3.63) is 314 Å². The summed E-state index contributed by atoms with van der Waals surface area (Å²) in [4.78, 5) is 20.7. The highest BCUT2D eigenvalue weighted by Crippen LogP contribution is 2.46. The average Bonchev–Trinajstić information content (AvgIpc) is 1.55. The second-order valence-corrected chi connectivity index (χ2v) is 23.0. The summed E-state index contributed by atoms with van der Waals surface area (Å²) in [6.45, 7) is 0. The summed E-state index contributed by atoms with van der Waals surface area (Å²) < 4.78 is 51.3. The Bertz CT molecular complexity index is 5160. The van der Waals surface area contributed by atoms with Gasteiger partial charge in [-0.3, -0.25) is 0 Å². The number of aromatic nitrogens is 6. The van der Waals surface area contributed by atoms with Crippen molar-refractivity contribution < 1.29 is 13.2 Å². The minimum atomic E-state index is -4.88. The molecule has 0 bridgehead atoms. The Balaban J connectivity index is 0.980. The van der Waals surface area contributed by atoms with Crippen LogP contribution in [-0.2, 0) is 6.18 Å². The van der Waals surface area contributed by atoms with Gasteiger partial charge in [-0.15, -0.1) is 0 Å². The maximum atomic E-state index is 15.8. The molecule has 0 aliphatic heterocycles. The molecule has 0 aliphatic carbocycles. The molecule has 94 heavy (non-hydrogen) atoms. The van der Waals surface area contributed by atoms with Crippen molar-refractivity contribution >= 4 is 43.6 Å². The molecule has 0 N–H and O–H groups in total. The van der Waals surface area contributed by atoms with Crippen molar-refractivity contribution in [2.75, 3.05) is 0 Å². The largest absolute Gasteiger partial charge is 0.417 e. The zero-order valence-corrected chi connectivity index (χ0v) is 50.0. The molecule has 0 saturated heterocycles. The van der Waals surface area contributed by atoms with Crippen molar-refractivity contribution in [2.24, 2.45) is 0 Å². The molecule has 0 unspecified atom stereocenters. The van der Waals surface area contributed by atoms with Crippen LogP contribution in [0.25, 0.3) is 156 Å². The Hall–Kier alpha value is -12.8. The molecule has 442 valence electrons. The molecule has 6 heterocycles. The molecular weight excluding hydrogens is 1170 g/mol. The van der Waals surface area contributed by atoms with Gasteiger partial charge in [-0.2, -0.15) is 23.7 Å². The summed E-state index contributed by atoms with van der Waals surface area (Å²) >= 11 is 0. The monoisotopic (exact) mass is 1210 g/mol. The quantitative estimate of drug-likeness (QED) is 0.128. The maximum absolute atomic E-state index is 15.8. The first-order chi connectivity index (χ1) is 46.1. The van der Waals surface area contributed by atoms with E-state index in [9.17, 15) is 10.5 Å². The molecule has 0 saturated carbocycles. The van der Waals surface area contributed by atoms with Gasteiger partial charge in [-0.1, -0.05) is 176 Å². The van der Waals surface area contributed by atoms with E-state index < -0.39 is 11.7 Å². The summed E-state index contributed by atoms with van der Waals surface area (Å²) in [6.07, 6.45) is -4.88. The van der Waals surface area contributed by atoms with E-state index in [4.69, 9.17) is 19.9 Å². The minimum Gasteiger partial charge on any atom is -0.308 e. The first kappa shape index (κ1) is 56.4. The molecule has 11 heteroatoms. The lowest BCUT2D eigenvalue weighted by molar-refractivity contribution is -0.137. The lowest BCUT2D eigenvalue weighted by Gasteiger charge is -2.20. The highest BCUT2D eigenvalue weighted by Gasteiger charge is 2.36. The summed E-state index contributed by atoms with van der Waals surface area (Å²) in [5.74, 6) is 0. The highest BCUT2D eigenvalue weighted by atomic mass is 19.4. The lowest BCUT2D eigenvalue weighted by atomic mass is 9.92. The van der Waals surface area contributed by atoms with Crippen LogP contribution in [0, 0.1) is 22.7 Å². The molecule has 0 spiro atoms. The smallest absolute Gasteiger partial charge is 0.308 e. The van der Waals surface area contributed by atoms with Crippen LogP contribution in [-0.4, -0.2) is 29.1 Å². The van der Waals surface area contributed by atoms with Crippen LogP contribution in [0.2, 0.25) is 0 Å². The van der Waals surface area contributed by atoms with Gasteiger partial charge in [0.15, 0.2) is 0 Å². The van der Waals surface area contributed by atoms with Gasteiger partial charge in [0.2, 0.25) is 0 Å². The molecule has 0 radical (unpaired) electrons. The Morgan fingerprint density at radius 3 is 0.840 bits per heavy atom. The van der Waals surface area contributed by atoms with Crippen LogP contribution in [0.5, 0.6) is 0 Å². The van der Waals surface area contributed by atoms with Gasteiger partial charge in [0, 0.05) is 71.6 Å². The summed E-state index contributed by atoms with van der Waals surface area (Å²) in [5.41, 5.74) is 15.2. The van der Waals surface area contributed by atoms with Crippen LogP contribution < -0.4 is 0 Å². The third-order valence-corrected chi connectivity index (χ3v) is 17.5. The third kappa shape index (κ3) is 10.1. The Labute approximate surface area is 538 Å². The van der Waals surface area contributed by atoms with Gasteiger partial charge in [0.25, 0.3) is 0 Å². The van der Waals surface area contributed by atoms with Gasteiger partial charge in [-0.25, -0.2) is 19.9 Å². The van der Waals surface area contributed by atoms with Crippen LogP contribution in [0.3, 0.4) is 0 Å². The van der Waals surface area contributed by atoms with Crippen LogP contribution in [0.15, 0.2) is 297 Å². The fourth-order valence-electron chi connectivity index (χ4n) is 13.1. The predicted molar refractivity (Wildman–Crippen MR) is 370 cm³/mol. The maximum Gasteiger partial charge on any atom is 0.417 e. The van der Waals surface area contributed by atoms with Crippen LogP contribution in [0.1, 0.15) is 16.7 Å². The van der Waals surface area contributed by atoms with Crippen molar-refractivity contribution in [1.82, 2.24) is 29.1 Å². The second-order valence-electron chi connectivity index (χ2n) is 23.0. The number of pyridine rings is 4. The molecule has 16 aromatic rings. The van der Waals surface area contributed by atoms with E-state index >= 15 is 13.2 Å². The van der Waals surface area contributed by atoms with E-state index in [-0.39, 0.29) is 33.6 Å². The van der Waals surface area contributed by atoms with Gasteiger partial charge < -0.3 is 9.13 Å². The molecule has 0 amide bonds. The fourth-order valence-corrected chi connectivity index (χ4v) is 13.1. The van der Waals surface area contributed by atoms with E-state index in [1.807, 2.05) is 252 Å². The molecule has 0 atom stereocenters. The number of nitriles is 2. The standard InChI is InChI=1S/C83H49F3N8/c84-83(85,86)67-27-13-26-60(50-87)82(67)61-48-80(93-76-40-36-56(72-32-14-28-68(89-72)52-18-5-1-6-19-52)44-62(76)63-45-57(37-41-77(63)93)73-33-15-29-69(90-73)53-20-7-2-8-21-53)66(51-88)81(49-61)94-78-42-38-58(74-34-16-30-70(91-74)54-22-9-3-10-23-54)46-64(78)65-47-59(39-43-79(65)94)75-35-17-31-71(92-75)55-24-11-4-12-25-55/h1-49H. The number of alkyl halides is 3. The molecular formula is C83H49F3N8. The van der Waals surface area contributed by atoms with Crippen molar-refractivity contribution in [2.45, 2.75) is 6.18 Å². The summed E-state index contributed by atoms with van der Waals surface area (Å²) in [7, 11) is 0. The van der Waals surface area contributed by atoms with Crippen LogP contribution in [0.4, 0.5) is 13.2 Å². The predicted octanol–water partition coefficient (Wildman–Crippen LogP) is 21.2. The van der Waals surface area contributed by atoms with E-state index in [1.165, 1.54) is 12.1 Å². The Kier molecular flexibility index (Phi) is 13.9. The van der Waals surface area contributed by atoms with E-state index in [2.05, 4.69) is 36.4 Å². The number of rotatable bonds is 11. The SMILES string of the molecule is N#Cc1cccc(C(F)(F)F)c1-c1cc(-n2c3ccc(-c4cccc(-c5ccccc5)n4)cc3c3cc(-c4cccc(-c5ccccc5)n4)ccc32)c(C#N)c(-n2c3ccc(-c4cccc(-c5ccccc5)n4)cc3c3cc(-c4cccc(-c5ccccc5)n4)ccc32)c1. The first-order valence-electron chi connectivity index (χ1n) is 30.6. The summed E-state index contributed by atoms with van der Waals surface area (Å²) in [5, 5.41) is 26.1. The molecule has 6 aromatic heterocycles. The summed E-state index contributed by atoms with van der Waals surface area (Å²) in [6, 6.07) is 99.5. The van der Waals surface area contributed by atoms with E-state index in [0.717, 1.165) is 118 Å². The van der Waals surface area contributed by atoms with Gasteiger partial charge in [0.1, 0.15) is 11.6 Å². The van der Waals surface area contributed by atoms with Gasteiger partial charge >= 0.3 is 6.18 Å². The third-order valence-electron chi connectivity index (χ3n) is 17.5. The lowest BCUT2D eigenvalue weighted by Crippen LogP contribution is -2.10. The van der Waals surface area contributed by atoms with E-state index in [1.54, 1.807) is 12.1 Å². The molecule has 0 aliphatic rings. The van der Waals surface area contributed by atoms with Crippen molar-refractivity contribution in [3.8, 4) is 125 Å². The average molecular weight is 1220 g/mol. The number of benzene rings is 10. The number of halogens is 3. The van der Waals surface area contributed by atoms with Crippen LogP contribution >= 0.6 is 0 Å². The molecule has 10 aromatic carbocycles. The zero-order chi connectivity index (χ0) is 63.4. The number of hydrogen-bond donors (Lipinski definition) is 0. The normalized spacial score (nSPS) is 11.5. The minimum absolute atomic E-state index is 0.0765. The molecule has 8 nitrogen and oxygen atoms in total. The van der Waals surface area contributed by atoms with Gasteiger partial charge in [0.05, 0.1) is 96.2 Å². The zero-order valence-electron chi connectivity index (χ0n) is 50.0. The highest BCUT2D eigenvalue weighted by molar-refractivity contribution is 6.14. The first-order valence-corrected chi connectivity index (χ1v) is 30.6. The van der Waals surface area contributed by atoms with Crippen molar-refractivity contribution in [3.63, 3.8) is 0 Å². The van der Waals surface area contributed by atoms with Gasteiger partial charge in [-0.05, 0) is 127 Å².